The van der Waals surface area contributed by atoms with Crippen LogP contribution in [0.2, 0.25) is 0 Å². The van der Waals surface area contributed by atoms with E-state index in [0.717, 1.165) is 0 Å². The Bertz CT molecular complexity index is 707. The zero-order valence-electron chi connectivity index (χ0n) is 11.3. The quantitative estimate of drug-likeness (QED) is 0.792. The van der Waals surface area contributed by atoms with Crippen LogP contribution in [0.5, 0.6) is 11.5 Å². The Morgan fingerprint density at radius 2 is 2.10 bits per heavy atom. The Labute approximate surface area is 121 Å². The number of nitriles is 1. The van der Waals surface area contributed by atoms with E-state index < -0.39 is 5.82 Å². The van der Waals surface area contributed by atoms with Gasteiger partial charge in [-0.3, -0.25) is 4.79 Å². The van der Waals surface area contributed by atoms with E-state index in [9.17, 15) is 9.18 Å². The molecule has 0 aliphatic rings. The van der Waals surface area contributed by atoms with Crippen molar-refractivity contribution in [3.63, 3.8) is 0 Å². The van der Waals surface area contributed by atoms with Gasteiger partial charge in [0.1, 0.15) is 24.8 Å². The number of hydrogen-bond donors (Lipinski definition) is 0. The van der Waals surface area contributed by atoms with Crippen molar-refractivity contribution in [2.24, 2.45) is 0 Å². The zero-order chi connectivity index (χ0) is 15.2. The third kappa shape index (κ3) is 3.18. The molecule has 2 aromatic rings. The highest BCUT2D eigenvalue weighted by Crippen LogP contribution is 2.28. The largest absolute Gasteiger partial charge is 0.493 e. The van der Waals surface area contributed by atoms with Crippen LogP contribution in [0.25, 0.3) is 0 Å². The summed E-state index contributed by atoms with van der Waals surface area (Å²) >= 11 is 0. The van der Waals surface area contributed by atoms with E-state index in [2.05, 4.69) is 0 Å². The van der Waals surface area contributed by atoms with Gasteiger partial charge in [-0.2, -0.15) is 5.26 Å². The number of ether oxygens (including phenoxy) is 2. The smallest absolute Gasteiger partial charge is 0.162 e. The van der Waals surface area contributed by atoms with Gasteiger partial charge in [-0.05, 0) is 24.3 Å². The normalized spacial score (nSPS) is 9.76. The minimum Gasteiger partial charge on any atom is -0.493 e. The van der Waals surface area contributed by atoms with Crippen molar-refractivity contribution in [2.45, 2.75) is 6.61 Å². The molecule has 0 N–H and O–H groups in total. The number of hydrogen-bond acceptors (Lipinski definition) is 4. The van der Waals surface area contributed by atoms with Crippen molar-refractivity contribution < 1.29 is 18.7 Å². The molecule has 0 aliphatic carbocycles. The van der Waals surface area contributed by atoms with E-state index in [0.29, 0.717) is 23.3 Å². The average Bonchev–Trinajstić information content (AvgIpc) is 2.53. The van der Waals surface area contributed by atoms with Crippen LogP contribution in [0.3, 0.4) is 0 Å². The molecule has 2 rings (SSSR count). The van der Waals surface area contributed by atoms with E-state index in [-0.39, 0.29) is 17.7 Å². The van der Waals surface area contributed by atoms with Crippen molar-refractivity contribution in [1.82, 2.24) is 0 Å². The molecular formula is C16H12FNO3. The standard InChI is InChI=1S/C16H12FNO3/c1-20-14-6-5-11(9-19)7-15(14)21-10-13-4-2-3-12(8-18)16(13)17/h2-7,9H,10H2,1H3. The molecule has 0 fully saturated rings. The number of benzene rings is 2. The van der Waals surface area contributed by atoms with Crippen molar-refractivity contribution in [1.29, 1.82) is 5.26 Å². The predicted octanol–water partition coefficient (Wildman–Crippen LogP) is 3.10. The molecule has 0 atom stereocenters. The first-order chi connectivity index (χ1) is 10.2. The number of aldehydes is 1. The van der Waals surface area contributed by atoms with Crippen LogP contribution in [0.4, 0.5) is 4.39 Å². The molecule has 0 amide bonds. The topological polar surface area (TPSA) is 59.3 Å². The highest BCUT2D eigenvalue weighted by molar-refractivity contribution is 5.76. The fraction of sp³-hybridized carbons (Fsp3) is 0.125. The second-order valence-electron chi connectivity index (χ2n) is 4.21. The van der Waals surface area contributed by atoms with E-state index >= 15 is 0 Å². The number of nitrogens with zero attached hydrogens (tertiary/aromatic N) is 1. The Morgan fingerprint density at radius 3 is 2.76 bits per heavy atom. The van der Waals surface area contributed by atoms with Gasteiger partial charge in [0, 0.05) is 11.1 Å². The Kier molecular flexibility index (Phi) is 4.52. The third-order valence-electron chi connectivity index (χ3n) is 2.91. The molecule has 0 heterocycles. The molecule has 4 nitrogen and oxygen atoms in total. The molecule has 2 aromatic carbocycles. The first-order valence-electron chi connectivity index (χ1n) is 6.13. The number of carbonyl (C=O) groups excluding carboxylic acids is 1. The van der Waals surface area contributed by atoms with Crippen molar-refractivity contribution >= 4 is 6.29 Å². The summed E-state index contributed by atoms with van der Waals surface area (Å²) in [4.78, 5) is 10.8. The van der Waals surface area contributed by atoms with Crippen LogP contribution in [-0.2, 0) is 6.61 Å². The molecule has 106 valence electrons. The summed E-state index contributed by atoms with van der Waals surface area (Å²) in [6.45, 7) is -0.0694. The van der Waals surface area contributed by atoms with Gasteiger partial charge in [0.25, 0.3) is 0 Å². The number of halogens is 1. The van der Waals surface area contributed by atoms with Gasteiger partial charge < -0.3 is 9.47 Å². The van der Waals surface area contributed by atoms with Crippen LogP contribution in [0.15, 0.2) is 36.4 Å². The molecule has 0 bridgehead atoms. The highest BCUT2D eigenvalue weighted by Gasteiger charge is 2.10. The first kappa shape index (κ1) is 14.5. The molecule has 0 saturated carbocycles. The van der Waals surface area contributed by atoms with Crippen LogP contribution < -0.4 is 9.47 Å². The minimum atomic E-state index is -0.606. The van der Waals surface area contributed by atoms with E-state index in [4.69, 9.17) is 14.7 Å². The van der Waals surface area contributed by atoms with Crippen molar-refractivity contribution in [2.75, 3.05) is 7.11 Å². The molecule has 5 heteroatoms. The van der Waals surface area contributed by atoms with Gasteiger partial charge in [0.05, 0.1) is 12.7 Å². The summed E-state index contributed by atoms with van der Waals surface area (Å²) in [5.41, 5.74) is 0.648. The van der Waals surface area contributed by atoms with Gasteiger partial charge in [0.2, 0.25) is 0 Å². The average molecular weight is 285 g/mol. The van der Waals surface area contributed by atoms with Crippen LogP contribution >= 0.6 is 0 Å². The number of carbonyl (C=O) groups is 1. The summed E-state index contributed by atoms with van der Waals surface area (Å²) in [6.07, 6.45) is 0.684. The maximum absolute atomic E-state index is 13.9. The molecule has 0 spiro atoms. The second-order valence-corrected chi connectivity index (χ2v) is 4.21. The lowest BCUT2D eigenvalue weighted by atomic mass is 10.1. The zero-order valence-corrected chi connectivity index (χ0v) is 11.3. The van der Waals surface area contributed by atoms with E-state index in [1.54, 1.807) is 24.3 Å². The Morgan fingerprint density at radius 1 is 1.29 bits per heavy atom. The van der Waals surface area contributed by atoms with Crippen LogP contribution in [-0.4, -0.2) is 13.4 Å². The van der Waals surface area contributed by atoms with Gasteiger partial charge in [-0.25, -0.2) is 4.39 Å². The number of methoxy groups -OCH3 is 1. The fourth-order valence-corrected chi connectivity index (χ4v) is 1.81. The molecule has 21 heavy (non-hydrogen) atoms. The molecule has 0 aromatic heterocycles. The number of rotatable bonds is 5. The third-order valence-corrected chi connectivity index (χ3v) is 2.91. The minimum absolute atomic E-state index is 0.0373. The van der Waals surface area contributed by atoms with Crippen molar-refractivity contribution in [3.05, 3.63) is 58.9 Å². The lowest BCUT2D eigenvalue weighted by Gasteiger charge is -2.11. The summed E-state index contributed by atoms with van der Waals surface area (Å²) in [5.74, 6) is 0.173. The summed E-state index contributed by atoms with van der Waals surface area (Å²) in [7, 11) is 1.47. The summed E-state index contributed by atoms with van der Waals surface area (Å²) in [5, 5.41) is 8.79. The Balaban J connectivity index is 2.24. The lowest BCUT2D eigenvalue weighted by molar-refractivity contribution is 0.112. The van der Waals surface area contributed by atoms with E-state index in [1.165, 1.54) is 25.3 Å². The summed E-state index contributed by atoms with van der Waals surface area (Å²) in [6, 6.07) is 11.0. The molecule has 0 saturated heterocycles. The highest BCUT2D eigenvalue weighted by atomic mass is 19.1. The maximum Gasteiger partial charge on any atom is 0.162 e. The van der Waals surface area contributed by atoms with Gasteiger partial charge in [-0.15, -0.1) is 0 Å². The lowest BCUT2D eigenvalue weighted by Crippen LogP contribution is -2.02. The van der Waals surface area contributed by atoms with E-state index in [1.807, 2.05) is 0 Å². The van der Waals surface area contributed by atoms with Crippen LogP contribution in [0.1, 0.15) is 21.5 Å². The van der Waals surface area contributed by atoms with Gasteiger partial charge >= 0.3 is 0 Å². The SMILES string of the molecule is COc1ccc(C=O)cc1OCc1cccc(C#N)c1F. The fourth-order valence-electron chi connectivity index (χ4n) is 1.81. The Hall–Kier alpha value is -2.87. The predicted molar refractivity (Wildman–Crippen MR) is 73.8 cm³/mol. The van der Waals surface area contributed by atoms with Gasteiger partial charge in [-0.1, -0.05) is 12.1 Å². The molecule has 0 radical (unpaired) electrons. The van der Waals surface area contributed by atoms with Crippen LogP contribution in [0, 0.1) is 17.1 Å². The second kappa shape index (κ2) is 6.53. The summed E-state index contributed by atoms with van der Waals surface area (Å²) < 4.78 is 24.5. The molecule has 0 aliphatic heterocycles. The first-order valence-corrected chi connectivity index (χ1v) is 6.13. The maximum atomic E-state index is 13.9. The monoisotopic (exact) mass is 285 g/mol. The molecular weight excluding hydrogens is 273 g/mol. The van der Waals surface area contributed by atoms with Crippen molar-refractivity contribution in [3.8, 4) is 17.6 Å². The molecule has 0 unspecified atom stereocenters. The van der Waals surface area contributed by atoms with Gasteiger partial charge in [0.15, 0.2) is 11.5 Å².